The molecule has 0 aliphatic rings. The molecule has 1 aromatic heterocycles. The zero-order valence-electron chi connectivity index (χ0n) is 11.6. The second-order valence-electron chi connectivity index (χ2n) is 4.72. The highest BCUT2D eigenvalue weighted by atomic mass is 35.5. The summed E-state index contributed by atoms with van der Waals surface area (Å²) < 4.78 is 51.5. The van der Waals surface area contributed by atoms with Crippen LogP contribution in [0.5, 0.6) is 0 Å². The first-order valence-electron chi connectivity index (χ1n) is 6.48. The highest BCUT2D eigenvalue weighted by Crippen LogP contribution is 2.32. The molecule has 0 radical (unpaired) electrons. The molecule has 2 rings (SSSR count). The average Bonchev–Trinajstić information content (AvgIpc) is 2.47. The van der Waals surface area contributed by atoms with Crippen LogP contribution in [0.15, 0.2) is 36.5 Å². The molecule has 1 N–H and O–H groups in total. The number of pyridine rings is 1. The number of aromatic nitrogens is 1. The molecule has 23 heavy (non-hydrogen) atoms. The van der Waals surface area contributed by atoms with Gasteiger partial charge in [0.15, 0.2) is 0 Å². The molecule has 0 aliphatic carbocycles. The Morgan fingerprint density at radius 3 is 2.57 bits per heavy atom. The molecule has 1 aromatic carbocycles. The van der Waals surface area contributed by atoms with Crippen molar-refractivity contribution >= 4 is 17.5 Å². The minimum Gasteiger partial charge on any atom is -0.352 e. The van der Waals surface area contributed by atoms with E-state index in [-0.39, 0.29) is 18.5 Å². The standard InChI is InChI=1S/C15H11ClF4N2O/c16-10-2-4-12(21-8-10)6-14(23)22-7-9-1-3-11(17)5-13(9)15(18,19)20/h1-5,8H,6-7H2,(H,22,23). The van der Waals surface area contributed by atoms with Crippen LogP contribution in [0, 0.1) is 5.82 Å². The number of amides is 1. The molecular formula is C15H11ClF4N2O. The number of nitrogens with one attached hydrogen (secondary N) is 1. The maximum atomic E-state index is 13.0. The molecule has 0 saturated carbocycles. The Morgan fingerprint density at radius 1 is 1.22 bits per heavy atom. The number of carbonyl (C=O) groups is 1. The molecule has 0 bridgehead atoms. The topological polar surface area (TPSA) is 42.0 Å². The summed E-state index contributed by atoms with van der Waals surface area (Å²) in [4.78, 5) is 15.7. The minimum atomic E-state index is -4.69. The van der Waals surface area contributed by atoms with Gasteiger partial charge in [0.2, 0.25) is 5.91 Å². The molecule has 0 saturated heterocycles. The molecule has 0 fully saturated rings. The smallest absolute Gasteiger partial charge is 0.352 e. The number of carbonyl (C=O) groups excluding carboxylic acids is 1. The Morgan fingerprint density at radius 2 is 1.96 bits per heavy atom. The highest BCUT2D eigenvalue weighted by molar-refractivity contribution is 6.30. The van der Waals surface area contributed by atoms with Gasteiger partial charge < -0.3 is 5.32 Å². The van der Waals surface area contributed by atoms with E-state index < -0.39 is 23.5 Å². The molecule has 3 nitrogen and oxygen atoms in total. The normalized spacial score (nSPS) is 11.3. The Hall–Kier alpha value is -2.15. The molecule has 0 atom stereocenters. The van der Waals surface area contributed by atoms with Crippen molar-refractivity contribution in [3.8, 4) is 0 Å². The van der Waals surface area contributed by atoms with Gasteiger partial charge in [0.25, 0.3) is 0 Å². The maximum absolute atomic E-state index is 13.0. The quantitative estimate of drug-likeness (QED) is 0.857. The summed E-state index contributed by atoms with van der Waals surface area (Å²) in [6, 6.07) is 5.42. The molecule has 1 amide bonds. The highest BCUT2D eigenvalue weighted by Gasteiger charge is 2.33. The summed E-state index contributed by atoms with van der Waals surface area (Å²) in [7, 11) is 0. The summed E-state index contributed by atoms with van der Waals surface area (Å²) in [5, 5.41) is 2.77. The largest absolute Gasteiger partial charge is 0.416 e. The molecule has 8 heteroatoms. The van der Waals surface area contributed by atoms with Crippen molar-refractivity contribution < 1.29 is 22.4 Å². The first kappa shape index (κ1) is 17.2. The van der Waals surface area contributed by atoms with E-state index in [1.807, 2.05) is 0 Å². The fraction of sp³-hybridized carbons (Fsp3) is 0.200. The van der Waals surface area contributed by atoms with Crippen LogP contribution in [-0.2, 0) is 23.9 Å². The number of hydrogen-bond donors (Lipinski definition) is 1. The summed E-state index contributed by atoms with van der Waals surface area (Å²) in [5.41, 5.74) is -0.888. The molecule has 1 heterocycles. The fourth-order valence-electron chi connectivity index (χ4n) is 1.90. The third-order valence-corrected chi connectivity index (χ3v) is 3.21. The second-order valence-corrected chi connectivity index (χ2v) is 5.16. The van der Waals surface area contributed by atoms with Crippen LogP contribution in [-0.4, -0.2) is 10.9 Å². The van der Waals surface area contributed by atoms with E-state index in [1.54, 1.807) is 12.1 Å². The molecule has 2 aromatic rings. The third-order valence-electron chi connectivity index (χ3n) is 2.98. The number of hydrogen-bond acceptors (Lipinski definition) is 2. The van der Waals surface area contributed by atoms with Gasteiger partial charge in [-0.2, -0.15) is 13.2 Å². The van der Waals surface area contributed by atoms with E-state index in [2.05, 4.69) is 10.3 Å². The van der Waals surface area contributed by atoms with Crippen molar-refractivity contribution in [1.29, 1.82) is 0 Å². The number of nitrogens with zero attached hydrogens (tertiary/aromatic N) is 1. The van der Waals surface area contributed by atoms with Crippen molar-refractivity contribution in [2.24, 2.45) is 0 Å². The Bertz CT molecular complexity index is 702. The molecular weight excluding hydrogens is 336 g/mol. The van der Waals surface area contributed by atoms with Gasteiger partial charge in [0.1, 0.15) is 5.82 Å². The van der Waals surface area contributed by atoms with Gasteiger partial charge in [0.05, 0.1) is 17.0 Å². The summed E-state index contributed by atoms with van der Waals surface area (Å²) in [6.07, 6.45) is -3.43. The zero-order valence-corrected chi connectivity index (χ0v) is 12.4. The van der Waals surface area contributed by atoms with E-state index in [0.717, 1.165) is 12.1 Å². The van der Waals surface area contributed by atoms with Crippen LogP contribution in [0.25, 0.3) is 0 Å². The number of alkyl halides is 3. The lowest BCUT2D eigenvalue weighted by Gasteiger charge is -2.13. The van der Waals surface area contributed by atoms with Crippen molar-refractivity contribution in [1.82, 2.24) is 10.3 Å². The number of rotatable bonds is 4. The van der Waals surface area contributed by atoms with Gasteiger partial charge in [0, 0.05) is 18.4 Å². The first-order valence-corrected chi connectivity index (χ1v) is 6.86. The van der Waals surface area contributed by atoms with E-state index in [4.69, 9.17) is 11.6 Å². The van der Waals surface area contributed by atoms with Gasteiger partial charge >= 0.3 is 6.18 Å². The van der Waals surface area contributed by atoms with Crippen molar-refractivity contribution in [3.63, 3.8) is 0 Å². The average molecular weight is 347 g/mol. The van der Waals surface area contributed by atoms with E-state index in [9.17, 15) is 22.4 Å². The van der Waals surface area contributed by atoms with Crippen LogP contribution >= 0.6 is 11.6 Å². The van der Waals surface area contributed by atoms with Gasteiger partial charge in [-0.15, -0.1) is 0 Å². The van der Waals surface area contributed by atoms with Crippen LogP contribution in [0.4, 0.5) is 17.6 Å². The molecule has 0 spiro atoms. The van der Waals surface area contributed by atoms with Gasteiger partial charge in [-0.05, 0) is 29.8 Å². The van der Waals surface area contributed by atoms with Crippen LogP contribution in [0.3, 0.4) is 0 Å². The Balaban J connectivity index is 2.03. The number of benzene rings is 1. The maximum Gasteiger partial charge on any atom is 0.416 e. The first-order chi connectivity index (χ1) is 10.8. The van der Waals surface area contributed by atoms with Crippen LogP contribution in [0.2, 0.25) is 5.02 Å². The third kappa shape index (κ3) is 4.92. The lowest BCUT2D eigenvalue weighted by Crippen LogP contribution is -2.26. The predicted molar refractivity (Wildman–Crippen MR) is 76.2 cm³/mol. The van der Waals surface area contributed by atoms with E-state index >= 15 is 0 Å². The number of halogens is 5. The summed E-state index contributed by atoms with van der Waals surface area (Å²) in [6.45, 7) is -0.360. The molecule has 0 aliphatic heterocycles. The minimum absolute atomic E-state index is 0.0975. The van der Waals surface area contributed by atoms with Crippen LogP contribution < -0.4 is 5.32 Å². The SMILES string of the molecule is O=C(Cc1ccc(Cl)cn1)NCc1ccc(F)cc1C(F)(F)F. The molecule has 0 unspecified atom stereocenters. The van der Waals surface area contributed by atoms with Gasteiger partial charge in [-0.25, -0.2) is 4.39 Å². The van der Waals surface area contributed by atoms with Crippen molar-refractivity contribution in [3.05, 3.63) is 64.2 Å². The summed E-state index contributed by atoms with van der Waals surface area (Å²) in [5.74, 6) is -1.49. The predicted octanol–water partition coefficient (Wildman–Crippen LogP) is 3.75. The summed E-state index contributed by atoms with van der Waals surface area (Å²) >= 11 is 5.66. The fourth-order valence-corrected chi connectivity index (χ4v) is 2.01. The Labute approximate surface area is 134 Å². The van der Waals surface area contributed by atoms with E-state index in [0.29, 0.717) is 16.8 Å². The van der Waals surface area contributed by atoms with Crippen molar-refractivity contribution in [2.75, 3.05) is 0 Å². The van der Waals surface area contributed by atoms with Gasteiger partial charge in [-0.3, -0.25) is 9.78 Å². The molecule has 122 valence electrons. The van der Waals surface area contributed by atoms with Crippen molar-refractivity contribution in [2.45, 2.75) is 19.1 Å². The second kappa shape index (κ2) is 6.95. The monoisotopic (exact) mass is 346 g/mol. The van der Waals surface area contributed by atoms with Gasteiger partial charge in [-0.1, -0.05) is 17.7 Å². The zero-order chi connectivity index (χ0) is 17.0. The lowest BCUT2D eigenvalue weighted by atomic mass is 10.1. The Kier molecular flexibility index (Phi) is 5.20. The van der Waals surface area contributed by atoms with E-state index in [1.165, 1.54) is 6.20 Å². The lowest BCUT2D eigenvalue weighted by molar-refractivity contribution is -0.138. The van der Waals surface area contributed by atoms with Crippen LogP contribution in [0.1, 0.15) is 16.8 Å².